The van der Waals surface area contributed by atoms with E-state index < -0.39 is 0 Å². The Morgan fingerprint density at radius 3 is 1.69 bits per heavy atom. The summed E-state index contributed by atoms with van der Waals surface area (Å²) in [6, 6.07) is 7.07. The molecule has 0 saturated heterocycles. The monoisotopic (exact) mass is 482 g/mol. The molecule has 2 aromatic rings. The van der Waals surface area contributed by atoms with Crippen LogP contribution in [-0.4, -0.2) is 10.2 Å². The zero-order valence-corrected chi connectivity index (χ0v) is 20.9. The Balaban J connectivity index is 0.00000181. The summed E-state index contributed by atoms with van der Waals surface area (Å²) in [5, 5.41) is 23.4. The molecule has 0 spiro atoms. The van der Waals surface area contributed by atoms with Crippen LogP contribution in [0.3, 0.4) is 0 Å². The molecule has 6 heteroatoms. The summed E-state index contributed by atoms with van der Waals surface area (Å²) < 4.78 is 0. The van der Waals surface area contributed by atoms with Gasteiger partial charge in [0.05, 0.1) is 0 Å². The van der Waals surface area contributed by atoms with Crippen LogP contribution in [0, 0.1) is 23.7 Å². The third kappa shape index (κ3) is 5.30. The van der Waals surface area contributed by atoms with Crippen molar-refractivity contribution in [2.24, 2.45) is 35.1 Å². The van der Waals surface area contributed by atoms with Gasteiger partial charge in [-0.25, -0.2) is 0 Å². The maximum absolute atomic E-state index is 11.1. The molecule has 2 fully saturated rings. The van der Waals surface area contributed by atoms with Crippen LogP contribution in [0.15, 0.2) is 24.3 Å². The van der Waals surface area contributed by atoms with Gasteiger partial charge in [-0.1, -0.05) is 51.7 Å². The van der Waals surface area contributed by atoms with E-state index in [1.165, 1.54) is 25.7 Å². The van der Waals surface area contributed by atoms with Gasteiger partial charge >= 0.3 is 0 Å². The van der Waals surface area contributed by atoms with Crippen LogP contribution in [0.25, 0.3) is 10.8 Å². The lowest BCUT2D eigenvalue weighted by molar-refractivity contribution is 0.253. The summed E-state index contributed by atoms with van der Waals surface area (Å²) in [5.41, 5.74) is 14.9. The van der Waals surface area contributed by atoms with Gasteiger partial charge in [0.2, 0.25) is 0 Å². The first kappa shape index (κ1) is 27.0. The van der Waals surface area contributed by atoms with Crippen molar-refractivity contribution in [2.45, 2.75) is 77.3 Å². The summed E-state index contributed by atoms with van der Waals surface area (Å²) in [5.74, 6) is 2.79. The first-order valence-electron chi connectivity index (χ1n) is 11.8. The van der Waals surface area contributed by atoms with E-state index in [-0.39, 0.29) is 48.4 Å². The van der Waals surface area contributed by atoms with Crippen LogP contribution in [0.1, 0.15) is 88.4 Å². The third-order valence-electron chi connectivity index (χ3n) is 8.05. The van der Waals surface area contributed by atoms with Gasteiger partial charge in [0.15, 0.2) is 0 Å². The molecule has 0 heterocycles. The Kier molecular flexibility index (Phi) is 9.54. The molecule has 0 aliphatic heterocycles. The second kappa shape index (κ2) is 11.3. The number of aromatic hydroxyl groups is 2. The molecule has 32 heavy (non-hydrogen) atoms. The number of fused-ring (bicyclic) bond motifs is 1. The molecule has 0 amide bonds. The highest BCUT2D eigenvalue weighted by Gasteiger charge is 2.30. The maximum Gasteiger partial charge on any atom is 0.128 e. The molecule has 2 atom stereocenters. The molecule has 4 nitrogen and oxygen atoms in total. The lowest BCUT2D eigenvalue weighted by Gasteiger charge is -2.32. The normalized spacial score (nSPS) is 27.8. The van der Waals surface area contributed by atoms with Crippen molar-refractivity contribution in [3.05, 3.63) is 35.4 Å². The predicted octanol–water partition coefficient (Wildman–Crippen LogP) is 6.75. The number of benzene rings is 2. The lowest BCUT2D eigenvalue weighted by Crippen LogP contribution is -2.26. The van der Waals surface area contributed by atoms with Crippen LogP contribution < -0.4 is 11.5 Å². The van der Waals surface area contributed by atoms with E-state index in [2.05, 4.69) is 13.8 Å². The predicted molar refractivity (Wildman–Crippen MR) is 138 cm³/mol. The minimum absolute atomic E-state index is 0. The van der Waals surface area contributed by atoms with E-state index in [1.807, 2.05) is 12.1 Å². The number of halogens is 2. The molecule has 2 saturated carbocycles. The Bertz CT molecular complexity index is 891. The zero-order chi connectivity index (χ0) is 21.4. The van der Waals surface area contributed by atoms with Gasteiger partial charge in [0.25, 0.3) is 0 Å². The van der Waals surface area contributed by atoms with Gasteiger partial charge in [-0.3, -0.25) is 0 Å². The van der Waals surface area contributed by atoms with Gasteiger partial charge in [-0.2, -0.15) is 0 Å². The smallest absolute Gasteiger partial charge is 0.128 e. The minimum atomic E-state index is -0.222. The van der Waals surface area contributed by atoms with Crippen molar-refractivity contribution in [3.63, 3.8) is 0 Å². The van der Waals surface area contributed by atoms with E-state index in [4.69, 9.17) is 11.5 Å². The average molecular weight is 484 g/mol. The number of hydrogen-bond donors (Lipinski definition) is 4. The number of phenols is 2. The molecule has 4 rings (SSSR count). The Morgan fingerprint density at radius 1 is 0.688 bits per heavy atom. The zero-order valence-electron chi connectivity index (χ0n) is 19.3. The molecule has 0 aromatic heterocycles. The van der Waals surface area contributed by atoms with Crippen molar-refractivity contribution in [2.75, 3.05) is 0 Å². The highest BCUT2D eigenvalue weighted by molar-refractivity contribution is 5.94. The van der Waals surface area contributed by atoms with E-state index >= 15 is 0 Å². The van der Waals surface area contributed by atoms with E-state index in [0.29, 0.717) is 11.8 Å². The molecule has 2 unspecified atom stereocenters. The molecule has 2 aliphatic rings. The molecular weight excluding hydrogens is 443 g/mol. The summed E-state index contributed by atoms with van der Waals surface area (Å²) in [7, 11) is 0. The van der Waals surface area contributed by atoms with Crippen LogP contribution in [-0.2, 0) is 0 Å². The van der Waals surface area contributed by atoms with Gasteiger partial charge in [0, 0.05) is 28.6 Å². The van der Waals surface area contributed by atoms with E-state index in [9.17, 15) is 10.2 Å². The molecule has 0 bridgehead atoms. The van der Waals surface area contributed by atoms with Crippen molar-refractivity contribution in [1.82, 2.24) is 0 Å². The quantitative estimate of drug-likeness (QED) is 0.387. The highest BCUT2D eigenvalue weighted by atomic mass is 35.5. The Morgan fingerprint density at radius 2 is 1.16 bits per heavy atom. The maximum atomic E-state index is 11.1. The number of nitrogens with two attached hydrogens (primary N) is 2. The second-order valence-corrected chi connectivity index (χ2v) is 10.2. The fourth-order valence-electron chi connectivity index (χ4n) is 5.82. The fraction of sp³-hybridized carbons (Fsp3) is 0.615. The van der Waals surface area contributed by atoms with Crippen molar-refractivity contribution in [3.8, 4) is 11.5 Å². The van der Waals surface area contributed by atoms with Crippen LogP contribution >= 0.6 is 24.8 Å². The highest BCUT2D eigenvalue weighted by Crippen LogP contribution is 2.45. The van der Waals surface area contributed by atoms with Crippen LogP contribution in [0.4, 0.5) is 0 Å². The lowest BCUT2D eigenvalue weighted by atomic mass is 9.76. The molecule has 2 aliphatic carbocycles. The SMILES string of the molecule is CC1CCC(C(N)c2ccc3c(C(N)C4CCC(C)CC4)c(O)ccc3c2O)CC1.Cl.Cl. The van der Waals surface area contributed by atoms with Gasteiger partial charge in [-0.15, -0.1) is 24.8 Å². The van der Waals surface area contributed by atoms with E-state index in [0.717, 1.165) is 59.4 Å². The second-order valence-electron chi connectivity index (χ2n) is 10.2. The summed E-state index contributed by atoms with van der Waals surface area (Å²) in [6.07, 6.45) is 9.21. The fourth-order valence-corrected chi connectivity index (χ4v) is 5.82. The summed E-state index contributed by atoms with van der Waals surface area (Å²) in [4.78, 5) is 0. The largest absolute Gasteiger partial charge is 0.508 e. The van der Waals surface area contributed by atoms with Crippen molar-refractivity contribution >= 4 is 35.6 Å². The minimum Gasteiger partial charge on any atom is -0.508 e. The first-order chi connectivity index (χ1) is 14.4. The summed E-state index contributed by atoms with van der Waals surface area (Å²) >= 11 is 0. The molecule has 2 aromatic carbocycles. The van der Waals surface area contributed by atoms with Crippen LogP contribution in [0.2, 0.25) is 0 Å². The standard InChI is InChI=1S/C26H38N2O2.2ClH/c1-15-3-7-17(8-4-15)24(27)21-12-11-19-20(26(21)30)13-14-22(29)23(19)25(28)18-9-5-16(2)6-10-18;;/h11-18,24-25,29-30H,3-10,27-28H2,1-2H3;2*1H. The molecule has 180 valence electrons. The van der Waals surface area contributed by atoms with Gasteiger partial charge in [0.1, 0.15) is 11.5 Å². The number of phenolic OH excluding ortho intramolecular Hbond substituents is 2. The van der Waals surface area contributed by atoms with E-state index in [1.54, 1.807) is 12.1 Å². The van der Waals surface area contributed by atoms with Crippen molar-refractivity contribution in [1.29, 1.82) is 0 Å². The Labute approximate surface area is 205 Å². The molecular formula is C26H40Cl2N2O2. The third-order valence-corrected chi connectivity index (χ3v) is 8.05. The molecule has 6 N–H and O–H groups in total. The average Bonchev–Trinajstić information content (AvgIpc) is 2.74. The van der Waals surface area contributed by atoms with Gasteiger partial charge < -0.3 is 21.7 Å². The van der Waals surface area contributed by atoms with Gasteiger partial charge in [-0.05, 0) is 66.9 Å². The number of rotatable bonds is 4. The molecule has 0 radical (unpaired) electrons. The first-order valence-corrected chi connectivity index (χ1v) is 11.8. The topological polar surface area (TPSA) is 92.5 Å². The van der Waals surface area contributed by atoms with Crippen molar-refractivity contribution < 1.29 is 10.2 Å². The van der Waals surface area contributed by atoms with Crippen LogP contribution in [0.5, 0.6) is 11.5 Å². The summed E-state index contributed by atoms with van der Waals surface area (Å²) in [6.45, 7) is 4.60. The number of hydrogen-bond acceptors (Lipinski definition) is 4. The Hall–Kier alpha value is -1.20.